The Morgan fingerprint density at radius 1 is 1.15 bits per heavy atom. The summed E-state index contributed by atoms with van der Waals surface area (Å²) in [6.07, 6.45) is -0.131. The van der Waals surface area contributed by atoms with E-state index in [4.69, 9.17) is 28.9 Å². The van der Waals surface area contributed by atoms with Gasteiger partial charge in [0.05, 0.1) is 18.5 Å². The Hall–Kier alpha value is -3.15. The molecule has 4 heterocycles. The van der Waals surface area contributed by atoms with E-state index in [2.05, 4.69) is 20.6 Å². The average molecular weight is 563 g/mol. The molecule has 0 bridgehead atoms. The fourth-order valence-corrected chi connectivity index (χ4v) is 5.02. The number of ether oxygens (including phenoxy) is 2. The van der Waals surface area contributed by atoms with Crippen molar-refractivity contribution in [2.45, 2.75) is 51.1 Å². The number of piperidine rings is 1. The molecule has 1 amide bonds. The highest BCUT2D eigenvalue weighted by molar-refractivity contribution is 5.96. The maximum absolute atomic E-state index is 12.5. The molecule has 11 heteroatoms. The standard InChI is InChI=1S/C29H44N8O3/c1-4-23-28(31-20-9-17-40-18-10-20)34-29(26(33-23)27(30)38)32-21-5-6-24(25(19-21)39-3)37-11-7-22(8-12-37)36-15-13-35(2)14-16-36/h5-6,19-20,22H,4,7-18H2,1-3H3,(H2,30,38)(H2,31,32,34)/i4D2,13D2,14D2,15D2,16D2. The van der Waals surface area contributed by atoms with Crippen molar-refractivity contribution in [3.8, 4) is 5.75 Å². The van der Waals surface area contributed by atoms with E-state index in [1.807, 2.05) is 4.90 Å². The minimum atomic E-state index is -2.83. The molecule has 3 aliphatic rings. The van der Waals surface area contributed by atoms with Gasteiger partial charge in [-0.3, -0.25) is 9.69 Å². The van der Waals surface area contributed by atoms with Crippen LogP contribution in [0.4, 0.5) is 23.0 Å². The number of carbonyl (C=O) groups is 1. The van der Waals surface area contributed by atoms with Gasteiger partial charge in [0.15, 0.2) is 17.3 Å². The molecule has 0 radical (unpaired) electrons. The quantitative estimate of drug-likeness (QED) is 0.421. The Labute approximate surface area is 251 Å². The van der Waals surface area contributed by atoms with Crippen LogP contribution in [0.2, 0.25) is 0 Å². The van der Waals surface area contributed by atoms with Gasteiger partial charge in [0.25, 0.3) is 5.91 Å². The number of anilines is 4. The van der Waals surface area contributed by atoms with E-state index in [0.717, 1.165) is 11.9 Å². The molecule has 3 saturated heterocycles. The maximum atomic E-state index is 12.5. The summed E-state index contributed by atoms with van der Waals surface area (Å²) in [6.45, 7) is -8.25. The molecule has 0 saturated carbocycles. The summed E-state index contributed by atoms with van der Waals surface area (Å²) in [5.41, 5.74) is 6.50. The first-order chi connectivity index (χ1) is 23.1. The third-order valence-corrected chi connectivity index (χ3v) is 7.22. The molecule has 3 aliphatic heterocycles. The average Bonchev–Trinajstić information content (AvgIpc) is 3.03. The molecule has 4 N–H and O–H groups in total. The fraction of sp³-hybridized carbons (Fsp3) is 0.621. The summed E-state index contributed by atoms with van der Waals surface area (Å²) < 4.78 is 95.6. The number of benzene rings is 1. The molecule has 0 spiro atoms. The van der Waals surface area contributed by atoms with E-state index in [-0.39, 0.29) is 41.9 Å². The largest absolute Gasteiger partial charge is 0.495 e. The molecule has 11 nitrogen and oxygen atoms in total. The zero-order valence-electron chi connectivity index (χ0n) is 33.1. The van der Waals surface area contributed by atoms with Crippen molar-refractivity contribution >= 4 is 28.9 Å². The summed E-state index contributed by atoms with van der Waals surface area (Å²) in [7, 11) is 2.53. The molecule has 218 valence electrons. The number of nitrogens with one attached hydrogen (secondary N) is 2. The second-order valence-electron chi connectivity index (χ2n) is 9.87. The van der Waals surface area contributed by atoms with Crippen molar-refractivity contribution in [3.05, 3.63) is 29.6 Å². The summed E-state index contributed by atoms with van der Waals surface area (Å²) in [4.78, 5) is 24.6. The van der Waals surface area contributed by atoms with Gasteiger partial charge in [-0.1, -0.05) is 6.92 Å². The maximum Gasteiger partial charge on any atom is 0.271 e. The van der Waals surface area contributed by atoms with Gasteiger partial charge in [-0.25, -0.2) is 9.97 Å². The van der Waals surface area contributed by atoms with Crippen molar-refractivity contribution in [2.24, 2.45) is 5.73 Å². The van der Waals surface area contributed by atoms with Crippen molar-refractivity contribution in [2.75, 3.05) is 82.0 Å². The lowest BCUT2D eigenvalue weighted by atomic mass is 10.0. The molecule has 3 fully saturated rings. The molecule has 0 unspecified atom stereocenters. The number of aryl methyl sites for hydroxylation is 1. The Morgan fingerprint density at radius 3 is 2.52 bits per heavy atom. The van der Waals surface area contributed by atoms with E-state index in [1.165, 1.54) is 14.0 Å². The summed E-state index contributed by atoms with van der Waals surface area (Å²) in [6, 6.07) is 4.33. The number of amides is 1. The lowest BCUT2D eigenvalue weighted by molar-refractivity contribution is 0.0903. The number of methoxy groups -OCH3 is 1. The number of rotatable bonds is 9. The van der Waals surface area contributed by atoms with Gasteiger partial charge < -0.3 is 35.6 Å². The van der Waals surface area contributed by atoms with Crippen LogP contribution in [0.15, 0.2) is 18.2 Å². The molecule has 1 aromatic heterocycles. The van der Waals surface area contributed by atoms with Crippen LogP contribution in [0.1, 0.15) is 62.5 Å². The van der Waals surface area contributed by atoms with E-state index in [1.54, 1.807) is 18.2 Å². The summed E-state index contributed by atoms with van der Waals surface area (Å²) in [5, 5.41) is 6.34. The number of carbonyl (C=O) groups excluding carboxylic acids is 1. The number of piperazine rings is 1. The minimum Gasteiger partial charge on any atom is -0.495 e. The Kier molecular flexibility index (Phi) is 5.96. The van der Waals surface area contributed by atoms with E-state index < -0.39 is 44.3 Å². The van der Waals surface area contributed by atoms with Crippen LogP contribution in [0.3, 0.4) is 0 Å². The number of hydrogen-bond donors (Lipinski definition) is 3. The molecule has 0 aliphatic carbocycles. The van der Waals surface area contributed by atoms with Crippen LogP contribution in [-0.2, 0) is 11.1 Å². The molecule has 5 rings (SSSR count). The van der Waals surface area contributed by atoms with Gasteiger partial charge in [-0.15, -0.1) is 0 Å². The van der Waals surface area contributed by atoms with E-state index in [9.17, 15) is 4.79 Å². The third kappa shape index (κ3) is 6.59. The minimum absolute atomic E-state index is 0.0196. The zero-order chi connectivity index (χ0) is 37.0. The number of hydrogen-bond acceptors (Lipinski definition) is 10. The van der Waals surface area contributed by atoms with E-state index in [0.29, 0.717) is 61.2 Å². The molecular formula is C29H44N8O3. The first-order valence-electron chi connectivity index (χ1n) is 18.4. The molecule has 1 aromatic carbocycles. The van der Waals surface area contributed by atoms with Crippen LogP contribution >= 0.6 is 0 Å². The topological polar surface area (TPSA) is 121 Å². The Bertz CT molecular complexity index is 1550. The lowest BCUT2D eigenvalue weighted by Gasteiger charge is -2.42. The van der Waals surface area contributed by atoms with Gasteiger partial charge in [-0.2, -0.15) is 0 Å². The second-order valence-corrected chi connectivity index (χ2v) is 9.87. The van der Waals surface area contributed by atoms with Crippen LogP contribution in [0, 0.1) is 0 Å². The number of nitrogens with two attached hydrogens (primary N) is 1. The number of nitrogens with zero attached hydrogens (tertiary/aromatic N) is 5. The predicted molar refractivity (Wildman–Crippen MR) is 158 cm³/mol. The SMILES string of the molecule is [2H]C([2H])(C)c1nc(C(N)=O)c(Nc2ccc(N3CCC(N4C([2H])([2H])C([2H])([2H])N(C)C([2H])([2H])C4([2H])[2H])CC3)c(OC)c2)nc1NC1CCOCC1. The van der Waals surface area contributed by atoms with Crippen molar-refractivity contribution < 1.29 is 28.0 Å². The second kappa shape index (κ2) is 13.0. The Morgan fingerprint density at radius 2 is 1.88 bits per heavy atom. The van der Waals surface area contributed by atoms with Crippen molar-refractivity contribution in [1.82, 2.24) is 19.8 Å². The summed E-state index contributed by atoms with van der Waals surface area (Å²) >= 11 is 0. The van der Waals surface area contributed by atoms with Gasteiger partial charge in [0, 0.05) is 89.8 Å². The monoisotopic (exact) mass is 562 g/mol. The predicted octanol–water partition coefficient (Wildman–Crippen LogP) is 2.70. The molecule has 2 aromatic rings. The van der Waals surface area contributed by atoms with Crippen molar-refractivity contribution in [1.29, 1.82) is 0 Å². The van der Waals surface area contributed by atoms with Crippen LogP contribution in [0.25, 0.3) is 0 Å². The van der Waals surface area contributed by atoms with Gasteiger partial charge in [0.2, 0.25) is 0 Å². The first kappa shape index (κ1) is 18.3. The number of likely N-dealkylation sites (N-methyl/N-ethyl adjacent to an activating group) is 1. The lowest BCUT2D eigenvalue weighted by Crippen LogP contribution is -2.52. The van der Waals surface area contributed by atoms with Crippen molar-refractivity contribution in [3.63, 3.8) is 0 Å². The first-order valence-corrected chi connectivity index (χ1v) is 13.4. The molecular weight excluding hydrogens is 508 g/mol. The normalized spacial score (nSPS) is 29.0. The van der Waals surface area contributed by atoms with E-state index >= 15 is 0 Å². The number of primary amides is 1. The fourth-order valence-electron chi connectivity index (χ4n) is 5.02. The third-order valence-electron chi connectivity index (χ3n) is 7.22. The highest BCUT2D eigenvalue weighted by Gasteiger charge is 2.28. The summed E-state index contributed by atoms with van der Waals surface area (Å²) in [5.74, 6) is -0.267. The Balaban J connectivity index is 1.38. The highest BCUT2D eigenvalue weighted by Crippen LogP contribution is 2.35. The van der Waals surface area contributed by atoms with Gasteiger partial charge in [0.1, 0.15) is 5.75 Å². The molecule has 0 atom stereocenters. The zero-order valence-corrected chi connectivity index (χ0v) is 23.1. The van der Waals surface area contributed by atoms with Crippen LogP contribution in [-0.4, -0.2) is 104 Å². The smallest absolute Gasteiger partial charge is 0.271 e. The van der Waals surface area contributed by atoms with Gasteiger partial charge >= 0.3 is 0 Å². The highest BCUT2D eigenvalue weighted by atomic mass is 16.5. The number of aromatic nitrogens is 2. The van der Waals surface area contributed by atoms with Gasteiger partial charge in [-0.05, 0) is 51.2 Å². The van der Waals surface area contributed by atoms with Crippen LogP contribution < -0.4 is 26.0 Å². The van der Waals surface area contributed by atoms with Crippen LogP contribution in [0.5, 0.6) is 5.75 Å². The molecule has 40 heavy (non-hydrogen) atoms.